The van der Waals surface area contributed by atoms with Gasteiger partial charge in [0, 0.05) is 20.6 Å². The highest BCUT2D eigenvalue weighted by Crippen LogP contribution is 2.32. The third-order valence-electron chi connectivity index (χ3n) is 2.50. The molecule has 0 N–H and O–H groups in total. The number of halogens is 2. The Kier molecular flexibility index (Phi) is 5.43. The maximum absolute atomic E-state index is 11.3. The lowest BCUT2D eigenvalue weighted by molar-refractivity contribution is -0.136. The van der Waals surface area contributed by atoms with E-state index in [1.54, 1.807) is 6.07 Å². The van der Waals surface area contributed by atoms with Crippen molar-refractivity contribution in [2.45, 2.75) is 0 Å². The number of terminal acetylenes is 1. The molecule has 21 heavy (non-hydrogen) atoms. The SMILES string of the molecule is C#CCOC(=O)/C=C/c1ccc(-c2ccc(Br)cc2Br)o1. The van der Waals surface area contributed by atoms with Crippen LogP contribution in [0.1, 0.15) is 5.76 Å². The summed E-state index contributed by atoms with van der Waals surface area (Å²) in [6.45, 7) is -0.0432. The zero-order chi connectivity index (χ0) is 15.2. The normalized spacial score (nSPS) is 10.5. The Balaban J connectivity index is 2.13. The number of carbonyl (C=O) groups is 1. The highest BCUT2D eigenvalue weighted by Gasteiger charge is 2.08. The summed E-state index contributed by atoms with van der Waals surface area (Å²) < 4.78 is 12.3. The first kappa shape index (κ1) is 15.6. The van der Waals surface area contributed by atoms with Gasteiger partial charge >= 0.3 is 5.97 Å². The number of furan rings is 1. The van der Waals surface area contributed by atoms with E-state index >= 15 is 0 Å². The van der Waals surface area contributed by atoms with E-state index in [2.05, 4.69) is 37.8 Å². The van der Waals surface area contributed by atoms with Gasteiger partial charge in [-0.15, -0.1) is 6.42 Å². The molecular weight excluding hydrogens is 400 g/mol. The molecule has 1 aromatic heterocycles. The summed E-state index contributed by atoms with van der Waals surface area (Å²) in [5, 5.41) is 0. The second kappa shape index (κ2) is 7.30. The van der Waals surface area contributed by atoms with Crippen LogP contribution in [0.25, 0.3) is 17.4 Å². The van der Waals surface area contributed by atoms with Gasteiger partial charge in [0.15, 0.2) is 6.61 Å². The smallest absolute Gasteiger partial charge is 0.331 e. The van der Waals surface area contributed by atoms with Crippen LogP contribution in [0.5, 0.6) is 0 Å². The van der Waals surface area contributed by atoms with Gasteiger partial charge in [0.1, 0.15) is 11.5 Å². The van der Waals surface area contributed by atoms with E-state index in [-0.39, 0.29) is 6.61 Å². The molecule has 2 rings (SSSR count). The topological polar surface area (TPSA) is 39.4 Å². The van der Waals surface area contributed by atoms with Crippen molar-refractivity contribution in [3.63, 3.8) is 0 Å². The molecule has 3 nitrogen and oxygen atoms in total. The van der Waals surface area contributed by atoms with Crippen molar-refractivity contribution in [3.05, 3.63) is 51.1 Å². The molecule has 1 aromatic carbocycles. The van der Waals surface area contributed by atoms with Crippen LogP contribution in [-0.2, 0) is 9.53 Å². The lowest BCUT2D eigenvalue weighted by atomic mass is 10.2. The highest BCUT2D eigenvalue weighted by atomic mass is 79.9. The standard InChI is InChI=1S/C16H10Br2O3/c1-2-9-20-16(19)8-5-12-4-7-15(21-12)13-6-3-11(17)10-14(13)18/h1,3-8,10H,9H2/b8-5+. The fraction of sp³-hybridized carbons (Fsp3) is 0.0625. The van der Waals surface area contributed by atoms with Gasteiger partial charge < -0.3 is 9.15 Å². The van der Waals surface area contributed by atoms with Crippen LogP contribution in [0, 0.1) is 12.3 Å². The predicted octanol–water partition coefficient (Wildman–Crippen LogP) is 4.66. The third-order valence-corrected chi connectivity index (χ3v) is 3.65. The molecule has 0 atom stereocenters. The zero-order valence-electron chi connectivity index (χ0n) is 10.8. The maximum atomic E-state index is 11.3. The summed E-state index contributed by atoms with van der Waals surface area (Å²) >= 11 is 6.88. The van der Waals surface area contributed by atoms with E-state index in [1.165, 1.54) is 12.2 Å². The van der Waals surface area contributed by atoms with E-state index < -0.39 is 5.97 Å². The summed E-state index contributed by atoms with van der Waals surface area (Å²) in [4.78, 5) is 11.3. The first-order valence-electron chi connectivity index (χ1n) is 5.93. The monoisotopic (exact) mass is 408 g/mol. The van der Waals surface area contributed by atoms with Gasteiger partial charge in [-0.1, -0.05) is 21.9 Å². The molecule has 0 radical (unpaired) electrons. The summed E-state index contributed by atoms with van der Waals surface area (Å²) in [6.07, 6.45) is 7.81. The number of hydrogen-bond acceptors (Lipinski definition) is 3. The average Bonchev–Trinajstić information content (AvgIpc) is 2.91. The molecule has 0 unspecified atom stereocenters. The van der Waals surface area contributed by atoms with Crippen LogP contribution in [-0.4, -0.2) is 12.6 Å². The number of esters is 1. The zero-order valence-corrected chi connectivity index (χ0v) is 14.0. The fourth-order valence-corrected chi connectivity index (χ4v) is 2.83. The minimum atomic E-state index is -0.504. The van der Waals surface area contributed by atoms with Crippen molar-refractivity contribution in [1.82, 2.24) is 0 Å². The van der Waals surface area contributed by atoms with E-state index in [0.29, 0.717) is 11.5 Å². The molecule has 5 heteroatoms. The van der Waals surface area contributed by atoms with Crippen LogP contribution < -0.4 is 0 Å². The van der Waals surface area contributed by atoms with E-state index in [0.717, 1.165) is 14.5 Å². The van der Waals surface area contributed by atoms with E-state index in [4.69, 9.17) is 15.6 Å². The number of ether oxygens (including phenoxy) is 1. The third kappa shape index (κ3) is 4.35. The minimum Gasteiger partial charge on any atom is -0.457 e. The van der Waals surface area contributed by atoms with E-state index in [9.17, 15) is 4.79 Å². The molecule has 0 aliphatic heterocycles. The lowest BCUT2D eigenvalue weighted by Gasteiger charge is -2.01. The number of carbonyl (C=O) groups excluding carboxylic acids is 1. The molecule has 0 aliphatic carbocycles. The molecule has 0 spiro atoms. The molecule has 0 aliphatic rings. The number of benzene rings is 1. The van der Waals surface area contributed by atoms with Crippen LogP contribution in [0.2, 0.25) is 0 Å². The first-order valence-corrected chi connectivity index (χ1v) is 7.52. The Morgan fingerprint density at radius 1 is 1.33 bits per heavy atom. The van der Waals surface area contributed by atoms with Crippen LogP contribution in [0.15, 0.2) is 49.8 Å². The second-order valence-corrected chi connectivity index (χ2v) is 5.74. The minimum absolute atomic E-state index is 0.0432. The van der Waals surface area contributed by atoms with Crippen molar-refractivity contribution < 1.29 is 13.9 Å². The van der Waals surface area contributed by atoms with Crippen molar-refractivity contribution in [2.24, 2.45) is 0 Å². The molecule has 0 amide bonds. The quantitative estimate of drug-likeness (QED) is 0.418. The Bertz CT molecular complexity index is 723. The summed E-state index contributed by atoms with van der Waals surface area (Å²) in [5.74, 6) is 2.97. The summed E-state index contributed by atoms with van der Waals surface area (Å²) in [6, 6.07) is 9.40. The van der Waals surface area contributed by atoms with Gasteiger partial charge in [-0.05, 0) is 52.3 Å². The highest BCUT2D eigenvalue weighted by molar-refractivity contribution is 9.11. The molecule has 2 aromatic rings. The van der Waals surface area contributed by atoms with Crippen molar-refractivity contribution in [1.29, 1.82) is 0 Å². The number of rotatable bonds is 4. The largest absolute Gasteiger partial charge is 0.457 e. The van der Waals surface area contributed by atoms with Crippen molar-refractivity contribution >= 4 is 43.9 Å². The Hall–Kier alpha value is -1.77. The molecular formula is C16H10Br2O3. The molecule has 0 saturated heterocycles. The van der Waals surface area contributed by atoms with Gasteiger partial charge in [0.2, 0.25) is 0 Å². The Labute approximate surface area is 139 Å². The van der Waals surface area contributed by atoms with Gasteiger partial charge in [-0.3, -0.25) is 0 Å². The number of hydrogen-bond donors (Lipinski definition) is 0. The van der Waals surface area contributed by atoms with Crippen LogP contribution in [0.3, 0.4) is 0 Å². The molecule has 1 heterocycles. The van der Waals surface area contributed by atoms with Gasteiger partial charge in [0.25, 0.3) is 0 Å². The van der Waals surface area contributed by atoms with E-state index in [1.807, 2.05) is 24.3 Å². The van der Waals surface area contributed by atoms with Gasteiger partial charge in [0.05, 0.1) is 0 Å². The Morgan fingerprint density at radius 2 is 2.14 bits per heavy atom. The van der Waals surface area contributed by atoms with Crippen molar-refractivity contribution in [2.75, 3.05) is 6.61 Å². The first-order chi connectivity index (χ1) is 10.1. The van der Waals surface area contributed by atoms with Crippen LogP contribution in [0.4, 0.5) is 0 Å². The fourth-order valence-electron chi connectivity index (χ4n) is 1.59. The lowest BCUT2D eigenvalue weighted by Crippen LogP contribution is -1.99. The summed E-state index contributed by atoms with van der Waals surface area (Å²) in [7, 11) is 0. The molecule has 0 fully saturated rings. The second-order valence-electron chi connectivity index (χ2n) is 3.97. The Morgan fingerprint density at radius 3 is 2.86 bits per heavy atom. The van der Waals surface area contributed by atoms with Crippen LogP contribution >= 0.6 is 31.9 Å². The van der Waals surface area contributed by atoms with Gasteiger partial charge in [-0.25, -0.2) is 4.79 Å². The van der Waals surface area contributed by atoms with Crippen molar-refractivity contribution in [3.8, 4) is 23.7 Å². The molecule has 106 valence electrons. The summed E-state index contributed by atoms with van der Waals surface area (Å²) in [5.41, 5.74) is 0.924. The molecule has 0 bridgehead atoms. The van der Waals surface area contributed by atoms with Gasteiger partial charge in [-0.2, -0.15) is 0 Å². The molecule has 0 saturated carbocycles. The average molecular weight is 410 g/mol. The maximum Gasteiger partial charge on any atom is 0.331 e. The predicted molar refractivity (Wildman–Crippen MR) is 88.4 cm³/mol.